The van der Waals surface area contributed by atoms with Crippen molar-refractivity contribution in [1.82, 2.24) is 10.3 Å². The Morgan fingerprint density at radius 1 is 1.20 bits per heavy atom. The summed E-state index contributed by atoms with van der Waals surface area (Å²) in [5, 5.41) is 4.07. The van der Waals surface area contributed by atoms with E-state index in [4.69, 9.17) is 16.3 Å². The van der Waals surface area contributed by atoms with Gasteiger partial charge in [-0.15, -0.1) is 0 Å². The molecule has 3 nitrogen and oxygen atoms in total. The summed E-state index contributed by atoms with van der Waals surface area (Å²) in [6.07, 6.45) is 4.40. The molecule has 1 aromatic heterocycles. The second kappa shape index (κ2) is 7.27. The average molecular weight is 291 g/mol. The third-order valence-electron chi connectivity index (χ3n) is 3.06. The molecule has 2 rings (SSSR count). The zero-order valence-electron chi connectivity index (χ0n) is 11.8. The van der Waals surface area contributed by atoms with Crippen molar-refractivity contribution in [2.45, 2.75) is 26.8 Å². The first-order valence-electron chi connectivity index (χ1n) is 6.84. The summed E-state index contributed by atoms with van der Waals surface area (Å²) < 4.78 is 5.94. The largest absolute Gasteiger partial charge is 0.455 e. The molecule has 0 aliphatic heterocycles. The third-order valence-corrected chi connectivity index (χ3v) is 3.43. The Balaban J connectivity index is 2.21. The van der Waals surface area contributed by atoms with E-state index in [1.807, 2.05) is 24.3 Å². The molecule has 0 atom stereocenters. The van der Waals surface area contributed by atoms with E-state index in [0.717, 1.165) is 47.2 Å². The van der Waals surface area contributed by atoms with Crippen molar-refractivity contribution in [2.24, 2.45) is 0 Å². The van der Waals surface area contributed by atoms with Crippen molar-refractivity contribution in [3.8, 4) is 11.5 Å². The Kier molecular flexibility index (Phi) is 5.39. The van der Waals surface area contributed by atoms with Crippen LogP contribution in [0.1, 0.15) is 25.0 Å². The summed E-state index contributed by atoms with van der Waals surface area (Å²) in [5.74, 6) is 1.56. The number of halogens is 1. The summed E-state index contributed by atoms with van der Waals surface area (Å²) in [5.41, 5.74) is 2.18. The van der Waals surface area contributed by atoms with Gasteiger partial charge >= 0.3 is 0 Å². The number of aryl methyl sites for hydroxylation is 1. The molecule has 1 N–H and O–H groups in total. The van der Waals surface area contributed by atoms with E-state index < -0.39 is 0 Å². The van der Waals surface area contributed by atoms with Gasteiger partial charge in [0.05, 0.1) is 6.20 Å². The quantitative estimate of drug-likeness (QED) is 0.866. The van der Waals surface area contributed by atoms with Gasteiger partial charge in [-0.1, -0.05) is 25.4 Å². The number of ether oxygens (including phenoxy) is 1. The first-order valence-corrected chi connectivity index (χ1v) is 7.22. The fraction of sp³-hybridized carbons (Fsp3) is 0.312. The van der Waals surface area contributed by atoms with E-state index in [2.05, 4.69) is 24.1 Å². The highest BCUT2D eigenvalue weighted by Gasteiger charge is 2.06. The maximum absolute atomic E-state index is 6.12. The van der Waals surface area contributed by atoms with Crippen LogP contribution in [0.5, 0.6) is 11.5 Å². The van der Waals surface area contributed by atoms with Crippen LogP contribution in [0.2, 0.25) is 5.02 Å². The van der Waals surface area contributed by atoms with E-state index >= 15 is 0 Å². The molecule has 1 heterocycles. The predicted molar refractivity (Wildman–Crippen MR) is 82.5 cm³/mol. The Bertz CT molecular complexity index is 572. The monoisotopic (exact) mass is 290 g/mol. The number of benzene rings is 1. The van der Waals surface area contributed by atoms with E-state index in [0.29, 0.717) is 0 Å². The van der Waals surface area contributed by atoms with Gasteiger partial charge in [0.1, 0.15) is 11.5 Å². The van der Waals surface area contributed by atoms with E-state index in [1.54, 1.807) is 12.4 Å². The zero-order valence-corrected chi connectivity index (χ0v) is 12.6. The molecule has 1 aromatic carbocycles. The lowest BCUT2D eigenvalue weighted by Gasteiger charge is -2.12. The van der Waals surface area contributed by atoms with Gasteiger partial charge in [0.25, 0.3) is 0 Å². The van der Waals surface area contributed by atoms with Crippen molar-refractivity contribution in [2.75, 3.05) is 6.54 Å². The molecule has 0 bridgehead atoms. The lowest BCUT2D eigenvalue weighted by atomic mass is 10.1. The minimum atomic E-state index is 0.766. The molecule has 106 valence electrons. The highest BCUT2D eigenvalue weighted by Crippen LogP contribution is 2.28. The van der Waals surface area contributed by atoms with Crippen LogP contribution in [0.25, 0.3) is 0 Å². The van der Waals surface area contributed by atoms with Crippen LogP contribution in [0.15, 0.2) is 36.7 Å². The smallest absolute Gasteiger partial charge is 0.150 e. The van der Waals surface area contributed by atoms with E-state index in [9.17, 15) is 0 Å². The summed E-state index contributed by atoms with van der Waals surface area (Å²) in [7, 11) is 0. The highest BCUT2D eigenvalue weighted by atomic mass is 35.5. The number of aromatic nitrogens is 1. The number of nitrogens with one attached hydrogen (secondary N) is 1. The van der Waals surface area contributed by atoms with Crippen molar-refractivity contribution in [1.29, 1.82) is 0 Å². The summed E-state index contributed by atoms with van der Waals surface area (Å²) in [6, 6.07) is 7.70. The number of nitrogens with zero attached hydrogens (tertiary/aromatic N) is 1. The van der Waals surface area contributed by atoms with Gasteiger partial charge in [-0.3, -0.25) is 4.98 Å². The van der Waals surface area contributed by atoms with E-state index in [-0.39, 0.29) is 0 Å². The topological polar surface area (TPSA) is 34.2 Å². The second-order valence-corrected chi connectivity index (χ2v) is 4.88. The van der Waals surface area contributed by atoms with Crippen molar-refractivity contribution < 1.29 is 4.74 Å². The predicted octanol–water partition coefficient (Wildman–Crippen LogP) is 4.20. The van der Waals surface area contributed by atoms with E-state index in [1.165, 1.54) is 0 Å². The summed E-state index contributed by atoms with van der Waals surface area (Å²) >= 11 is 6.12. The summed E-state index contributed by atoms with van der Waals surface area (Å²) in [6.45, 7) is 5.84. The Hall–Kier alpha value is -1.58. The van der Waals surface area contributed by atoms with Crippen LogP contribution in [-0.4, -0.2) is 11.5 Å². The average Bonchev–Trinajstić information content (AvgIpc) is 2.48. The van der Waals surface area contributed by atoms with Gasteiger partial charge in [-0.05, 0) is 42.8 Å². The normalized spacial score (nSPS) is 10.6. The maximum Gasteiger partial charge on any atom is 0.150 e. The molecule has 0 aliphatic carbocycles. The van der Waals surface area contributed by atoms with Crippen molar-refractivity contribution in [3.05, 3.63) is 52.8 Å². The number of pyridine rings is 1. The van der Waals surface area contributed by atoms with Crippen LogP contribution in [-0.2, 0) is 13.0 Å². The minimum Gasteiger partial charge on any atom is -0.455 e. The van der Waals surface area contributed by atoms with Gasteiger partial charge < -0.3 is 10.1 Å². The fourth-order valence-corrected chi connectivity index (χ4v) is 2.17. The lowest BCUT2D eigenvalue weighted by molar-refractivity contribution is 0.470. The zero-order chi connectivity index (χ0) is 14.4. The van der Waals surface area contributed by atoms with Crippen LogP contribution < -0.4 is 10.1 Å². The van der Waals surface area contributed by atoms with Gasteiger partial charge in [0.15, 0.2) is 0 Å². The first-order chi connectivity index (χ1) is 9.74. The standard InChI is InChI=1S/C16H19ClN2O/c1-3-12-9-14(5-6-15(12)17)20-16-11-19-8-7-13(16)10-18-4-2/h5-9,11,18H,3-4,10H2,1-2H3. The minimum absolute atomic E-state index is 0.766. The summed E-state index contributed by atoms with van der Waals surface area (Å²) in [4.78, 5) is 4.13. The van der Waals surface area contributed by atoms with Crippen LogP contribution in [0, 0.1) is 0 Å². The third kappa shape index (κ3) is 3.71. The van der Waals surface area contributed by atoms with Gasteiger partial charge in [0.2, 0.25) is 0 Å². The molecule has 0 saturated heterocycles. The fourth-order valence-electron chi connectivity index (χ4n) is 1.92. The van der Waals surface area contributed by atoms with Gasteiger partial charge in [0, 0.05) is 23.3 Å². The SMILES string of the molecule is CCNCc1ccncc1Oc1ccc(Cl)c(CC)c1. The van der Waals surface area contributed by atoms with Crippen molar-refractivity contribution in [3.63, 3.8) is 0 Å². The molecule has 0 saturated carbocycles. The van der Waals surface area contributed by atoms with Crippen LogP contribution >= 0.6 is 11.6 Å². The van der Waals surface area contributed by atoms with Gasteiger partial charge in [-0.2, -0.15) is 0 Å². The Morgan fingerprint density at radius 2 is 2.05 bits per heavy atom. The van der Waals surface area contributed by atoms with Gasteiger partial charge in [-0.25, -0.2) is 0 Å². The molecule has 2 aromatic rings. The Morgan fingerprint density at radius 3 is 2.80 bits per heavy atom. The molecule has 0 aliphatic rings. The van der Waals surface area contributed by atoms with Crippen molar-refractivity contribution >= 4 is 11.6 Å². The molecule has 0 unspecified atom stereocenters. The number of hydrogen-bond acceptors (Lipinski definition) is 3. The molecule has 0 spiro atoms. The first kappa shape index (κ1) is 14.8. The van der Waals surface area contributed by atoms with Crippen LogP contribution in [0.4, 0.5) is 0 Å². The van der Waals surface area contributed by atoms with Crippen LogP contribution in [0.3, 0.4) is 0 Å². The highest BCUT2D eigenvalue weighted by molar-refractivity contribution is 6.31. The second-order valence-electron chi connectivity index (χ2n) is 4.47. The lowest BCUT2D eigenvalue weighted by Crippen LogP contribution is -2.12. The number of rotatable bonds is 6. The molecular formula is C16H19ClN2O. The Labute approximate surface area is 124 Å². The molecule has 4 heteroatoms. The molecule has 0 amide bonds. The maximum atomic E-state index is 6.12. The number of hydrogen-bond donors (Lipinski definition) is 1. The molecule has 0 fully saturated rings. The molecule has 0 radical (unpaired) electrons. The molecular weight excluding hydrogens is 272 g/mol. The molecule has 20 heavy (non-hydrogen) atoms.